The number of nitro groups is 1. The van der Waals surface area contributed by atoms with Gasteiger partial charge in [-0.05, 0) is 30.2 Å². The molecule has 0 fully saturated rings. The molecule has 128 valence electrons. The van der Waals surface area contributed by atoms with Crippen LogP contribution in [0.2, 0.25) is 0 Å². The van der Waals surface area contributed by atoms with E-state index in [1.54, 1.807) is 44.4 Å². The first kappa shape index (κ1) is 17.9. The van der Waals surface area contributed by atoms with E-state index < -0.39 is 20.6 Å². The number of rotatable bonds is 6. The molecule has 2 aromatic carbocycles. The fourth-order valence-corrected chi connectivity index (χ4v) is 3.86. The van der Waals surface area contributed by atoms with E-state index in [0.29, 0.717) is 11.3 Å². The zero-order chi connectivity index (χ0) is 17.9. The van der Waals surface area contributed by atoms with Crippen LogP contribution in [-0.4, -0.2) is 31.8 Å². The molecule has 0 aliphatic rings. The molecule has 0 N–H and O–H groups in total. The van der Waals surface area contributed by atoms with Crippen LogP contribution in [0.3, 0.4) is 0 Å². The first-order chi connectivity index (χ1) is 11.3. The summed E-state index contributed by atoms with van der Waals surface area (Å²) in [6, 6.07) is 11.2. The zero-order valence-electron chi connectivity index (χ0n) is 13.6. The highest BCUT2D eigenvalue weighted by Gasteiger charge is 2.31. The highest BCUT2D eigenvalue weighted by Crippen LogP contribution is 2.30. The molecule has 7 nitrogen and oxygen atoms in total. The second-order valence-corrected chi connectivity index (χ2v) is 7.27. The molecule has 0 aromatic heterocycles. The lowest BCUT2D eigenvalue weighted by Gasteiger charge is -2.18. The molecule has 0 unspecified atom stereocenters. The molecule has 0 heterocycles. The van der Waals surface area contributed by atoms with Crippen molar-refractivity contribution in [2.24, 2.45) is 0 Å². The van der Waals surface area contributed by atoms with Crippen LogP contribution in [0, 0.1) is 17.0 Å². The predicted octanol–water partition coefficient (Wildman–Crippen LogP) is 2.73. The van der Waals surface area contributed by atoms with Gasteiger partial charge in [0.1, 0.15) is 5.75 Å². The number of benzene rings is 2. The van der Waals surface area contributed by atoms with Crippen molar-refractivity contribution in [2.45, 2.75) is 18.4 Å². The van der Waals surface area contributed by atoms with Gasteiger partial charge in [0.05, 0.1) is 12.0 Å². The lowest BCUT2D eigenvalue weighted by Crippen LogP contribution is -2.27. The lowest BCUT2D eigenvalue weighted by atomic mass is 10.2. The van der Waals surface area contributed by atoms with Crippen LogP contribution >= 0.6 is 0 Å². The highest BCUT2D eigenvalue weighted by molar-refractivity contribution is 7.89. The Kier molecular flexibility index (Phi) is 5.20. The molecule has 0 aliphatic heterocycles. The van der Waals surface area contributed by atoms with Crippen molar-refractivity contribution in [3.63, 3.8) is 0 Å². The highest BCUT2D eigenvalue weighted by atomic mass is 32.2. The van der Waals surface area contributed by atoms with Crippen LogP contribution in [0.15, 0.2) is 47.4 Å². The Morgan fingerprint density at radius 2 is 1.79 bits per heavy atom. The van der Waals surface area contributed by atoms with E-state index in [1.807, 2.05) is 0 Å². The average molecular weight is 350 g/mol. The van der Waals surface area contributed by atoms with Crippen molar-refractivity contribution < 1.29 is 18.1 Å². The first-order valence-corrected chi connectivity index (χ1v) is 8.54. The van der Waals surface area contributed by atoms with Crippen molar-refractivity contribution in [1.29, 1.82) is 0 Å². The number of ether oxygens (including phenoxy) is 1. The number of nitrogens with zero attached hydrogens (tertiary/aromatic N) is 2. The molecule has 0 atom stereocenters. The predicted molar refractivity (Wildman–Crippen MR) is 89.5 cm³/mol. The number of aryl methyl sites for hydroxylation is 1. The fraction of sp³-hybridized carbons (Fsp3) is 0.250. The summed E-state index contributed by atoms with van der Waals surface area (Å²) in [6.45, 7) is 1.64. The molecular formula is C16H18N2O5S. The summed E-state index contributed by atoms with van der Waals surface area (Å²) in [4.78, 5) is 10.2. The van der Waals surface area contributed by atoms with Crippen molar-refractivity contribution >= 4 is 15.7 Å². The van der Waals surface area contributed by atoms with Gasteiger partial charge in [-0.1, -0.05) is 24.3 Å². The maximum Gasteiger partial charge on any atom is 0.289 e. The van der Waals surface area contributed by atoms with E-state index >= 15 is 0 Å². The summed E-state index contributed by atoms with van der Waals surface area (Å²) in [5.41, 5.74) is 0.667. The van der Waals surface area contributed by atoms with Crippen LogP contribution in [0.4, 0.5) is 5.69 Å². The second-order valence-electron chi connectivity index (χ2n) is 5.29. The Morgan fingerprint density at radius 1 is 1.17 bits per heavy atom. The van der Waals surface area contributed by atoms with Crippen molar-refractivity contribution in [3.8, 4) is 5.75 Å². The van der Waals surface area contributed by atoms with Crippen molar-refractivity contribution in [3.05, 3.63) is 63.7 Å². The van der Waals surface area contributed by atoms with Gasteiger partial charge in [-0.25, -0.2) is 8.42 Å². The topological polar surface area (TPSA) is 89.8 Å². The molecule has 0 aliphatic carbocycles. The third kappa shape index (κ3) is 3.55. The molecule has 0 spiro atoms. The summed E-state index contributed by atoms with van der Waals surface area (Å²) < 4.78 is 31.8. The SMILES string of the molecule is COc1ccc(CN(C)S(=O)(=O)c2c(C)cccc2[N+](=O)[O-])cc1. The standard InChI is InChI=1S/C16H18N2O5S/c1-12-5-4-6-15(18(19)20)16(12)24(21,22)17(2)11-13-7-9-14(23-3)10-8-13/h4-10H,11H2,1-3H3. The van der Waals surface area contributed by atoms with E-state index in [4.69, 9.17) is 4.74 Å². The molecule has 0 bridgehead atoms. The van der Waals surface area contributed by atoms with E-state index in [0.717, 1.165) is 9.87 Å². The van der Waals surface area contributed by atoms with Crippen molar-refractivity contribution in [2.75, 3.05) is 14.2 Å². The Balaban J connectivity index is 2.37. The maximum absolute atomic E-state index is 12.8. The van der Waals surface area contributed by atoms with Gasteiger partial charge in [0.2, 0.25) is 10.0 Å². The third-order valence-electron chi connectivity index (χ3n) is 3.62. The maximum atomic E-state index is 12.8. The van der Waals surface area contributed by atoms with Crippen LogP contribution in [0.5, 0.6) is 5.75 Å². The van der Waals surface area contributed by atoms with E-state index in [2.05, 4.69) is 0 Å². The second kappa shape index (κ2) is 6.98. The minimum absolute atomic E-state index is 0.0951. The van der Waals surface area contributed by atoms with Gasteiger partial charge in [0.25, 0.3) is 5.69 Å². The van der Waals surface area contributed by atoms with Gasteiger partial charge in [-0.3, -0.25) is 10.1 Å². The lowest BCUT2D eigenvalue weighted by molar-refractivity contribution is -0.387. The largest absolute Gasteiger partial charge is 0.497 e. The summed E-state index contributed by atoms with van der Waals surface area (Å²) >= 11 is 0. The monoisotopic (exact) mass is 350 g/mol. The van der Waals surface area contributed by atoms with Crippen molar-refractivity contribution in [1.82, 2.24) is 4.31 Å². The Bertz CT molecular complexity index is 847. The minimum Gasteiger partial charge on any atom is -0.497 e. The normalized spacial score (nSPS) is 11.5. The third-order valence-corrected chi connectivity index (χ3v) is 5.62. The van der Waals surface area contributed by atoms with Gasteiger partial charge in [-0.2, -0.15) is 4.31 Å². The molecule has 2 rings (SSSR count). The van der Waals surface area contributed by atoms with Gasteiger partial charge >= 0.3 is 0 Å². The van der Waals surface area contributed by atoms with Crippen LogP contribution in [0.25, 0.3) is 0 Å². The smallest absolute Gasteiger partial charge is 0.289 e. The zero-order valence-corrected chi connectivity index (χ0v) is 14.4. The summed E-state index contributed by atoms with van der Waals surface area (Å²) in [6.07, 6.45) is 0. The number of hydrogen-bond donors (Lipinski definition) is 0. The van der Waals surface area contributed by atoms with Gasteiger partial charge < -0.3 is 4.74 Å². The molecule has 0 saturated heterocycles. The number of methoxy groups -OCH3 is 1. The summed E-state index contributed by atoms with van der Waals surface area (Å²) in [5, 5.41) is 11.2. The Morgan fingerprint density at radius 3 is 2.33 bits per heavy atom. The van der Waals surface area contributed by atoms with Crippen LogP contribution < -0.4 is 4.74 Å². The summed E-state index contributed by atoms with van der Waals surface area (Å²) in [5.74, 6) is 0.666. The quantitative estimate of drug-likeness (QED) is 0.590. The van der Waals surface area contributed by atoms with Gasteiger partial charge in [0, 0.05) is 19.7 Å². The first-order valence-electron chi connectivity index (χ1n) is 7.10. The fourth-order valence-electron chi connectivity index (χ4n) is 2.35. The molecule has 0 amide bonds. The van der Waals surface area contributed by atoms with E-state index in [9.17, 15) is 18.5 Å². The Hall–Kier alpha value is -2.45. The van der Waals surface area contributed by atoms with E-state index in [-0.39, 0.29) is 11.4 Å². The number of nitro benzene ring substituents is 1. The molecule has 2 aromatic rings. The average Bonchev–Trinajstić information content (AvgIpc) is 2.54. The molecule has 8 heteroatoms. The van der Waals surface area contributed by atoms with E-state index in [1.165, 1.54) is 19.2 Å². The molecular weight excluding hydrogens is 332 g/mol. The molecule has 24 heavy (non-hydrogen) atoms. The summed E-state index contributed by atoms with van der Waals surface area (Å²) in [7, 11) is -1.06. The Labute approximate surface area is 140 Å². The van der Waals surface area contributed by atoms with Crippen LogP contribution in [-0.2, 0) is 16.6 Å². The van der Waals surface area contributed by atoms with Crippen LogP contribution in [0.1, 0.15) is 11.1 Å². The van der Waals surface area contributed by atoms with Gasteiger partial charge in [0.15, 0.2) is 4.90 Å². The molecule has 0 saturated carbocycles. The minimum atomic E-state index is -4.00. The molecule has 0 radical (unpaired) electrons. The number of hydrogen-bond acceptors (Lipinski definition) is 5. The van der Waals surface area contributed by atoms with Gasteiger partial charge in [-0.15, -0.1) is 0 Å². The number of sulfonamides is 1.